The zero-order valence-electron chi connectivity index (χ0n) is 11.2. The van der Waals surface area contributed by atoms with Crippen molar-refractivity contribution in [2.24, 2.45) is 11.8 Å². The Morgan fingerprint density at radius 2 is 2.00 bits per heavy atom. The summed E-state index contributed by atoms with van der Waals surface area (Å²) in [7, 11) is 0. The fourth-order valence-electron chi connectivity index (χ4n) is 2.98. The maximum atomic E-state index is 6.23. The zero-order chi connectivity index (χ0) is 13.1. The summed E-state index contributed by atoms with van der Waals surface area (Å²) >= 11 is 6.23. The lowest BCUT2D eigenvalue weighted by Gasteiger charge is -2.35. The maximum absolute atomic E-state index is 6.23. The van der Waals surface area contributed by atoms with Crippen LogP contribution in [-0.4, -0.2) is 6.04 Å². The second kappa shape index (κ2) is 5.83. The van der Waals surface area contributed by atoms with Gasteiger partial charge in [0.05, 0.1) is 10.7 Å². The third-order valence-corrected chi connectivity index (χ3v) is 4.32. The van der Waals surface area contributed by atoms with Crippen LogP contribution in [0.2, 0.25) is 5.02 Å². The number of benzene rings is 1. The lowest BCUT2D eigenvalue weighted by molar-refractivity contribution is 0.254. The molecule has 1 fully saturated rings. The molecule has 0 aliphatic heterocycles. The lowest BCUT2D eigenvalue weighted by Crippen LogP contribution is -2.35. The van der Waals surface area contributed by atoms with Crippen LogP contribution in [0.1, 0.15) is 39.5 Å². The average Bonchev–Trinajstić information content (AvgIpc) is 2.33. The number of nitrogens with one attached hydrogen (secondary N) is 1. The first kappa shape index (κ1) is 13.5. The van der Waals surface area contributed by atoms with Crippen LogP contribution in [0.3, 0.4) is 0 Å². The minimum absolute atomic E-state index is 0.542. The van der Waals surface area contributed by atoms with Crippen LogP contribution < -0.4 is 11.1 Å². The van der Waals surface area contributed by atoms with Crippen molar-refractivity contribution >= 4 is 23.0 Å². The second-order valence-corrected chi connectivity index (χ2v) is 6.09. The van der Waals surface area contributed by atoms with E-state index in [-0.39, 0.29) is 0 Å². The summed E-state index contributed by atoms with van der Waals surface area (Å²) in [5, 5.41) is 4.35. The topological polar surface area (TPSA) is 38.0 Å². The predicted molar refractivity (Wildman–Crippen MR) is 80.1 cm³/mol. The monoisotopic (exact) mass is 266 g/mol. The van der Waals surface area contributed by atoms with E-state index in [0.29, 0.717) is 6.04 Å². The molecule has 0 aromatic heterocycles. The van der Waals surface area contributed by atoms with Crippen LogP contribution in [0.4, 0.5) is 11.4 Å². The van der Waals surface area contributed by atoms with Crippen LogP contribution in [0.5, 0.6) is 0 Å². The first-order valence-corrected chi connectivity index (χ1v) is 7.27. The Bertz CT molecular complexity index is 403. The van der Waals surface area contributed by atoms with Crippen molar-refractivity contribution in [3.63, 3.8) is 0 Å². The number of halogens is 1. The van der Waals surface area contributed by atoms with Crippen molar-refractivity contribution in [1.82, 2.24) is 0 Å². The van der Waals surface area contributed by atoms with Crippen molar-refractivity contribution in [2.75, 3.05) is 11.1 Å². The summed E-state index contributed by atoms with van der Waals surface area (Å²) in [6.07, 6.45) is 5.23. The summed E-state index contributed by atoms with van der Waals surface area (Å²) in [5.41, 5.74) is 7.46. The van der Waals surface area contributed by atoms with Gasteiger partial charge in [0.15, 0.2) is 0 Å². The molecule has 3 heteroatoms. The SMILES string of the molecule is CC(C)C1CCCCC1Nc1ccc(N)cc1Cl. The highest BCUT2D eigenvalue weighted by Crippen LogP contribution is 2.34. The Morgan fingerprint density at radius 3 is 2.67 bits per heavy atom. The summed E-state index contributed by atoms with van der Waals surface area (Å²) in [4.78, 5) is 0. The molecule has 1 aromatic carbocycles. The highest BCUT2D eigenvalue weighted by atomic mass is 35.5. The Kier molecular flexibility index (Phi) is 4.39. The molecule has 1 saturated carbocycles. The van der Waals surface area contributed by atoms with E-state index in [9.17, 15) is 0 Å². The van der Waals surface area contributed by atoms with Crippen molar-refractivity contribution in [3.8, 4) is 0 Å². The molecule has 2 unspecified atom stereocenters. The van der Waals surface area contributed by atoms with Gasteiger partial charge >= 0.3 is 0 Å². The molecule has 2 nitrogen and oxygen atoms in total. The molecule has 0 saturated heterocycles. The van der Waals surface area contributed by atoms with E-state index in [0.717, 1.165) is 28.2 Å². The van der Waals surface area contributed by atoms with Crippen LogP contribution in [0.25, 0.3) is 0 Å². The number of nitrogen functional groups attached to an aromatic ring is 1. The number of anilines is 2. The number of hydrogen-bond acceptors (Lipinski definition) is 2. The number of rotatable bonds is 3. The van der Waals surface area contributed by atoms with Gasteiger partial charge in [-0.2, -0.15) is 0 Å². The largest absolute Gasteiger partial charge is 0.399 e. The van der Waals surface area contributed by atoms with Crippen LogP contribution >= 0.6 is 11.6 Å². The van der Waals surface area contributed by atoms with Gasteiger partial charge in [-0.3, -0.25) is 0 Å². The highest BCUT2D eigenvalue weighted by Gasteiger charge is 2.27. The predicted octanol–water partition coefficient (Wildman–Crippen LogP) is 4.55. The van der Waals surface area contributed by atoms with Gasteiger partial charge in [0.2, 0.25) is 0 Å². The lowest BCUT2D eigenvalue weighted by atomic mass is 9.78. The van der Waals surface area contributed by atoms with Crippen molar-refractivity contribution < 1.29 is 0 Å². The van der Waals surface area contributed by atoms with Gasteiger partial charge < -0.3 is 11.1 Å². The Hall–Kier alpha value is -0.890. The molecule has 2 atom stereocenters. The van der Waals surface area contributed by atoms with Gasteiger partial charge in [-0.1, -0.05) is 38.3 Å². The highest BCUT2D eigenvalue weighted by molar-refractivity contribution is 6.33. The molecule has 0 amide bonds. The summed E-state index contributed by atoms with van der Waals surface area (Å²) in [6, 6.07) is 6.25. The van der Waals surface area contributed by atoms with Gasteiger partial charge in [0.25, 0.3) is 0 Å². The first-order chi connectivity index (χ1) is 8.58. The van der Waals surface area contributed by atoms with Gasteiger partial charge in [-0.25, -0.2) is 0 Å². The minimum Gasteiger partial charge on any atom is -0.399 e. The maximum Gasteiger partial charge on any atom is 0.0658 e. The fourth-order valence-corrected chi connectivity index (χ4v) is 3.23. The fraction of sp³-hybridized carbons (Fsp3) is 0.600. The molecular weight excluding hydrogens is 244 g/mol. The smallest absolute Gasteiger partial charge is 0.0658 e. The molecule has 1 aliphatic carbocycles. The van der Waals surface area contributed by atoms with Crippen molar-refractivity contribution in [3.05, 3.63) is 23.2 Å². The van der Waals surface area contributed by atoms with E-state index in [1.807, 2.05) is 18.2 Å². The molecule has 2 rings (SSSR count). The van der Waals surface area contributed by atoms with Crippen molar-refractivity contribution in [1.29, 1.82) is 0 Å². The van der Waals surface area contributed by atoms with E-state index < -0.39 is 0 Å². The zero-order valence-corrected chi connectivity index (χ0v) is 12.0. The first-order valence-electron chi connectivity index (χ1n) is 6.89. The molecule has 0 heterocycles. The van der Waals surface area contributed by atoms with Crippen LogP contribution in [-0.2, 0) is 0 Å². The third-order valence-electron chi connectivity index (χ3n) is 4.01. The van der Waals surface area contributed by atoms with E-state index in [1.165, 1.54) is 25.7 Å². The van der Waals surface area contributed by atoms with Gasteiger partial charge in [-0.05, 0) is 42.9 Å². The molecule has 0 spiro atoms. The van der Waals surface area contributed by atoms with E-state index in [1.54, 1.807) is 0 Å². The van der Waals surface area contributed by atoms with Gasteiger partial charge in [0, 0.05) is 11.7 Å². The Labute approximate surface area is 115 Å². The molecular formula is C15H23ClN2. The summed E-state index contributed by atoms with van der Waals surface area (Å²) < 4.78 is 0. The third kappa shape index (κ3) is 3.11. The molecule has 1 aliphatic rings. The van der Waals surface area contributed by atoms with Gasteiger partial charge in [0.1, 0.15) is 0 Å². The molecule has 0 radical (unpaired) electrons. The quantitative estimate of drug-likeness (QED) is 0.788. The van der Waals surface area contributed by atoms with Gasteiger partial charge in [-0.15, -0.1) is 0 Å². The summed E-state index contributed by atoms with van der Waals surface area (Å²) in [5.74, 6) is 1.46. The second-order valence-electron chi connectivity index (χ2n) is 5.68. The number of hydrogen-bond donors (Lipinski definition) is 2. The molecule has 3 N–H and O–H groups in total. The average molecular weight is 267 g/mol. The molecule has 100 valence electrons. The molecule has 1 aromatic rings. The summed E-state index contributed by atoms with van der Waals surface area (Å²) in [6.45, 7) is 4.63. The molecule has 18 heavy (non-hydrogen) atoms. The van der Waals surface area contributed by atoms with E-state index in [4.69, 9.17) is 17.3 Å². The van der Waals surface area contributed by atoms with Crippen LogP contribution in [0.15, 0.2) is 18.2 Å². The normalized spacial score (nSPS) is 24.2. The molecule has 0 bridgehead atoms. The van der Waals surface area contributed by atoms with Crippen LogP contribution in [0, 0.1) is 11.8 Å². The minimum atomic E-state index is 0.542. The Balaban J connectivity index is 2.11. The number of nitrogens with two attached hydrogens (primary N) is 1. The van der Waals surface area contributed by atoms with Crippen molar-refractivity contribution in [2.45, 2.75) is 45.6 Å². The van der Waals surface area contributed by atoms with E-state index in [2.05, 4.69) is 19.2 Å². The Morgan fingerprint density at radius 1 is 1.28 bits per heavy atom. The standard InChI is InChI=1S/C15H23ClN2/c1-10(2)12-5-3-4-6-14(12)18-15-8-7-11(17)9-13(15)16/h7-10,12,14,18H,3-6,17H2,1-2H3. The van der Waals surface area contributed by atoms with E-state index >= 15 is 0 Å².